The summed E-state index contributed by atoms with van der Waals surface area (Å²) in [6.07, 6.45) is -0.923. The Morgan fingerprint density at radius 3 is 2.18 bits per heavy atom. The van der Waals surface area contributed by atoms with Crippen LogP contribution in [0.15, 0.2) is 35.1 Å². The molecule has 0 radical (unpaired) electrons. The van der Waals surface area contributed by atoms with Gasteiger partial charge in [0.15, 0.2) is 0 Å². The molecule has 0 saturated carbocycles. The van der Waals surface area contributed by atoms with E-state index in [4.69, 9.17) is 14.2 Å². The number of hydrogen-bond acceptors (Lipinski definition) is 5. The number of carbonyl (C=O) groups excluding carboxylic acids is 1. The highest BCUT2D eigenvalue weighted by atomic mass is 16.5. The van der Waals surface area contributed by atoms with Gasteiger partial charge >= 0.3 is 5.97 Å². The summed E-state index contributed by atoms with van der Waals surface area (Å²) >= 11 is 0. The van der Waals surface area contributed by atoms with Crippen molar-refractivity contribution in [3.05, 3.63) is 40.6 Å². The van der Waals surface area contributed by atoms with Crippen molar-refractivity contribution in [1.29, 1.82) is 0 Å². The van der Waals surface area contributed by atoms with Gasteiger partial charge in [-0.15, -0.1) is 5.73 Å². The van der Waals surface area contributed by atoms with E-state index in [1.165, 1.54) is 0 Å². The largest absolute Gasteiger partial charge is 0.497 e. The number of rotatable bonds is 6. The third-order valence-corrected chi connectivity index (χ3v) is 3.07. The van der Waals surface area contributed by atoms with E-state index in [2.05, 4.69) is 5.73 Å². The van der Waals surface area contributed by atoms with Crippen LogP contribution in [0.4, 0.5) is 0 Å². The summed E-state index contributed by atoms with van der Waals surface area (Å²) in [4.78, 5) is 11.6. The zero-order valence-corrected chi connectivity index (χ0v) is 13.6. The van der Waals surface area contributed by atoms with Gasteiger partial charge in [0.1, 0.15) is 17.6 Å². The Morgan fingerprint density at radius 1 is 1.18 bits per heavy atom. The predicted molar refractivity (Wildman–Crippen MR) is 83.0 cm³/mol. The quantitative estimate of drug-likeness (QED) is 0.497. The van der Waals surface area contributed by atoms with Gasteiger partial charge in [-0.25, -0.2) is 4.79 Å². The van der Waals surface area contributed by atoms with Crippen molar-refractivity contribution in [3.8, 4) is 11.5 Å². The van der Waals surface area contributed by atoms with E-state index in [0.717, 1.165) is 0 Å². The lowest BCUT2D eigenvalue weighted by Gasteiger charge is -2.13. The number of carbonyl (C=O) groups is 1. The summed E-state index contributed by atoms with van der Waals surface area (Å²) in [6.45, 7) is 5.32. The molecule has 1 atom stereocenters. The summed E-state index contributed by atoms with van der Waals surface area (Å²) < 4.78 is 15.2. The smallest absolute Gasteiger partial charge is 0.341 e. The van der Waals surface area contributed by atoms with E-state index in [9.17, 15) is 9.90 Å². The normalized spacial score (nSPS) is 11.2. The summed E-state index contributed by atoms with van der Waals surface area (Å²) in [5.74, 6) is 0.705. The Hall–Kier alpha value is -2.23. The maximum Gasteiger partial charge on any atom is 0.341 e. The number of methoxy groups -OCH3 is 2. The third-order valence-electron chi connectivity index (χ3n) is 3.07. The van der Waals surface area contributed by atoms with Gasteiger partial charge in [0, 0.05) is 11.6 Å². The Bertz CT molecular complexity index is 575. The van der Waals surface area contributed by atoms with Crippen LogP contribution in [0, 0.1) is 0 Å². The predicted octanol–water partition coefficient (Wildman–Crippen LogP) is 2.79. The number of esters is 1. The molecule has 120 valence electrons. The lowest BCUT2D eigenvalue weighted by molar-refractivity contribution is -0.138. The molecule has 22 heavy (non-hydrogen) atoms. The number of benzene rings is 1. The molecule has 0 saturated heterocycles. The molecular formula is C17H22O5. The number of aliphatic hydroxyl groups excluding tert-OH is 1. The molecule has 1 rings (SSSR count). The van der Waals surface area contributed by atoms with Crippen LogP contribution in [0.3, 0.4) is 0 Å². The average Bonchev–Trinajstić information content (AvgIpc) is 2.53. The van der Waals surface area contributed by atoms with Crippen molar-refractivity contribution in [2.24, 2.45) is 0 Å². The van der Waals surface area contributed by atoms with Crippen LogP contribution >= 0.6 is 0 Å². The molecule has 0 fully saturated rings. The van der Waals surface area contributed by atoms with Crippen molar-refractivity contribution in [3.63, 3.8) is 0 Å². The second-order valence-corrected chi connectivity index (χ2v) is 4.70. The van der Waals surface area contributed by atoms with Crippen molar-refractivity contribution < 1.29 is 24.1 Å². The summed E-state index contributed by atoms with van der Waals surface area (Å²) in [7, 11) is 3.08. The van der Waals surface area contributed by atoms with Gasteiger partial charge in [-0.1, -0.05) is 0 Å². The molecule has 0 bridgehead atoms. The molecule has 5 heteroatoms. The third kappa shape index (κ3) is 4.65. The Kier molecular flexibility index (Phi) is 6.70. The first-order valence-electron chi connectivity index (χ1n) is 6.95. The highest BCUT2D eigenvalue weighted by Crippen LogP contribution is 2.29. The molecule has 1 aromatic rings. The van der Waals surface area contributed by atoms with Gasteiger partial charge in [0.25, 0.3) is 0 Å². The van der Waals surface area contributed by atoms with Gasteiger partial charge < -0.3 is 19.3 Å². The second kappa shape index (κ2) is 8.27. The van der Waals surface area contributed by atoms with E-state index in [1.807, 2.05) is 0 Å². The van der Waals surface area contributed by atoms with E-state index in [-0.39, 0.29) is 0 Å². The Labute approximate surface area is 130 Å². The molecule has 0 aliphatic rings. The summed E-state index contributed by atoms with van der Waals surface area (Å²) in [6, 6.07) is 5.13. The van der Waals surface area contributed by atoms with Crippen LogP contribution in [0.1, 0.15) is 32.4 Å². The van der Waals surface area contributed by atoms with E-state index in [1.54, 1.807) is 53.2 Å². The van der Waals surface area contributed by atoms with Gasteiger partial charge in [0.05, 0.1) is 26.4 Å². The second-order valence-electron chi connectivity index (χ2n) is 4.70. The first-order valence-corrected chi connectivity index (χ1v) is 6.95. The number of hydrogen-bond donors (Lipinski definition) is 1. The van der Waals surface area contributed by atoms with Gasteiger partial charge in [-0.3, -0.25) is 0 Å². The molecule has 1 aromatic carbocycles. The van der Waals surface area contributed by atoms with Crippen molar-refractivity contribution >= 4 is 5.97 Å². The Morgan fingerprint density at radius 2 is 1.73 bits per heavy atom. The molecule has 0 aliphatic carbocycles. The molecule has 0 amide bonds. The maximum atomic E-state index is 11.6. The minimum Gasteiger partial charge on any atom is -0.497 e. The number of ether oxygens (including phenoxy) is 3. The molecule has 0 spiro atoms. The highest BCUT2D eigenvalue weighted by molar-refractivity contribution is 5.87. The monoisotopic (exact) mass is 306 g/mol. The fourth-order valence-corrected chi connectivity index (χ4v) is 1.89. The van der Waals surface area contributed by atoms with E-state index >= 15 is 0 Å². The molecule has 0 heterocycles. The molecule has 5 nitrogen and oxygen atoms in total. The van der Waals surface area contributed by atoms with Gasteiger partial charge in [-0.2, -0.15) is 0 Å². The van der Waals surface area contributed by atoms with Crippen molar-refractivity contribution in [2.75, 3.05) is 20.8 Å². The van der Waals surface area contributed by atoms with Crippen molar-refractivity contribution in [1.82, 2.24) is 0 Å². The first kappa shape index (κ1) is 17.8. The van der Waals surface area contributed by atoms with Crippen LogP contribution in [-0.4, -0.2) is 31.9 Å². The van der Waals surface area contributed by atoms with Crippen LogP contribution in [-0.2, 0) is 9.53 Å². The van der Waals surface area contributed by atoms with Crippen LogP contribution in [0.5, 0.6) is 11.5 Å². The van der Waals surface area contributed by atoms with Crippen LogP contribution in [0.25, 0.3) is 0 Å². The highest BCUT2D eigenvalue weighted by Gasteiger charge is 2.13. The zero-order valence-electron chi connectivity index (χ0n) is 13.6. The molecule has 1 N–H and O–H groups in total. The fourth-order valence-electron chi connectivity index (χ4n) is 1.89. The van der Waals surface area contributed by atoms with E-state index < -0.39 is 12.1 Å². The Balaban J connectivity index is 3.16. The van der Waals surface area contributed by atoms with Crippen LogP contribution < -0.4 is 9.47 Å². The van der Waals surface area contributed by atoms with Gasteiger partial charge in [-0.05, 0) is 38.5 Å². The van der Waals surface area contributed by atoms with E-state index in [0.29, 0.717) is 34.8 Å². The lowest BCUT2D eigenvalue weighted by atomic mass is 10.0. The summed E-state index contributed by atoms with van der Waals surface area (Å²) in [5, 5.41) is 10.4. The van der Waals surface area contributed by atoms with Crippen molar-refractivity contribution in [2.45, 2.75) is 26.9 Å². The molecule has 0 aromatic heterocycles. The maximum absolute atomic E-state index is 11.6. The minimum atomic E-state index is -0.923. The van der Waals surface area contributed by atoms with Crippen LogP contribution in [0.2, 0.25) is 0 Å². The standard InChI is InChI=1S/C17H22O5/c1-6-22-17(19)12(3)7-11(2)16(18)13-8-14(20-4)10-15(9-13)21-5/h8-10,16,18H,6H2,1-5H3. The average molecular weight is 306 g/mol. The topological polar surface area (TPSA) is 65.0 Å². The molecule has 0 aliphatic heterocycles. The minimum absolute atomic E-state index is 0.298. The van der Waals surface area contributed by atoms with Gasteiger partial charge in [0.2, 0.25) is 0 Å². The molecule has 1 unspecified atom stereocenters. The first-order chi connectivity index (χ1) is 10.4. The lowest BCUT2D eigenvalue weighted by Crippen LogP contribution is -2.05. The molecular weight excluding hydrogens is 284 g/mol. The fraction of sp³-hybridized carbons (Fsp3) is 0.412. The zero-order chi connectivity index (χ0) is 16.7. The summed E-state index contributed by atoms with van der Waals surface area (Å²) in [5.41, 5.74) is 4.27. The SMILES string of the molecule is CCOC(=O)C(C)=C=C(C)C(O)c1cc(OC)cc(OC)c1. The number of aliphatic hydroxyl groups is 1.